The molecule has 1 aromatic rings. The Morgan fingerprint density at radius 1 is 0.939 bits per heavy atom. The fourth-order valence-corrected chi connectivity index (χ4v) is 4.06. The van der Waals surface area contributed by atoms with Crippen LogP contribution in [0.2, 0.25) is 0 Å². The fourth-order valence-electron chi connectivity index (χ4n) is 4.06. The molecule has 0 saturated carbocycles. The molecule has 1 aliphatic rings. The monoisotopic (exact) mass is 459 g/mol. The summed E-state index contributed by atoms with van der Waals surface area (Å²) in [5.41, 5.74) is 0.492. The zero-order valence-electron chi connectivity index (χ0n) is 20.8. The number of benzene rings is 1. The maximum absolute atomic E-state index is 13.3. The van der Waals surface area contributed by atoms with Crippen LogP contribution in [0.25, 0.3) is 0 Å². The first-order chi connectivity index (χ1) is 15.9. The predicted octanol–water partition coefficient (Wildman–Crippen LogP) is 3.87. The van der Waals surface area contributed by atoms with E-state index in [4.69, 9.17) is 4.74 Å². The zero-order chi connectivity index (χ0) is 24.2. The van der Waals surface area contributed by atoms with Gasteiger partial charge in [-0.25, -0.2) is 0 Å². The van der Waals surface area contributed by atoms with Crippen molar-refractivity contribution in [2.24, 2.45) is 5.92 Å². The van der Waals surface area contributed by atoms with Crippen molar-refractivity contribution in [2.45, 2.75) is 71.8 Å². The number of amides is 3. The molecule has 0 radical (unpaired) electrons. The highest BCUT2D eigenvalue weighted by molar-refractivity contribution is 5.97. The molecule has 1 fully saturated rings. The second kappa shape index (κ2) is 13.9. The molecule has 33 heavy (non-hydrogen) atoms. The maximum Gasteiger partial charge on any atom is 0.251 e. The predicted molar refractivity (Wildman–Crippen MR) is 130 cm³/mol. The number of piperazine rings is 1. The highest BCUT2D eigenvalue weighted by atomic mass is 16.5. The quantitative estimate of drug-likeness (QED) is 0.481. The van der Waals surface area contributed by atoms with Crippen molar-refractivity contribution < 1.29 is 19.1 Å². The molecule has 184 valence electrons. The first kappa shape index (κ1) is 26.7. The average molecular weight is 460 g/mol. The lowest BCUT2D eigenvalue weighted by molar-refractivity contribution is -0.141. The van der Waals surface area contributed by atoms with Crippen LogP contribution in [0.3, 0.4) is 0 Å². The summed E-state index contributed by atoms with van der Waals surface area (Å²) < 4.78 is 5.15. The van der Waals surface area contributed by atoms with E-state index < -0.39 is 6.04 Å². The van der Waals surface area contributed by atoms with Crippen LogP contribution < -0.4 is 10.1 Å². The second-order valence-corrected chi connectivity index (χ2v) is 8.94. The van der Waals surface area contributed by atoms with E-state index in [2.05, 4.69) is 12.2 Å². The van der Waals surface area contributed by atoms with E-state index in [1.807, 2.05) is 18.7 Å². The number of hydrogen-bond acceptors (Lipinski definition) is 4. The molecule has 0 bridgehead atoms. The molecular weight excluding hydrogens is 418 g/mol. The van der Waals surface area contributed by atoms with E-state index >= 15 is 0 Å². The average Bonchev–Trinajstić information content (AvgIpc) is 2.86. The number of methoxy groups -OCH3 is 1. The minimum absolute atomic E-state index is 0.00230. The highest BCUT2D eigenvalue weighted by Crippen LogP contribution is 2.16. The number of hydrogen-bond donors (Lipinski definition) is 1. The molecule has 2 rings (SSSR count). The van der Waals surface area contributed by atoms with E-state index in [0.29, 0.717) is 43.9 Å². The number of unbranched alkanes of at least 4 members (excludes halogenated alkanes) is 4. The fraction of sp³-hybridized carbons (Fsp3) is 0.654. The third-order valence-corrected chi connectivity index (χ3v) is 6.56. The van der Waals surface area contributed by atoms with Crippen molar-refractivity contribution in [3.8, 4) is 5.75 Å². The Morgan fingerprint density at radius 2 is 1.55 bits per heavy atom. The normalized spacial score (nSPS) is 15.6. The van der Waals surface area contributed by atoms with Gasteiger partial charge in [-0.3, -0.25) is 14.4 Å². The van der Waals surface area contributed by atoms with E-state index in [1.54, 1.807) is 36.3 Å². The molecule has 0 spiro atoms. The molecule has 7 nitrogen and oxygen atoms in total. The lowest BCUT2D eigenvalue weighted by atomic mass is 9.97. The third kappa shape index (κ3) is 8.06. The number of carbonyl (C=O) groups is 3. The van der Waals surface area contributed by atoms with Gasteiger partial charge in [-0.05, 0) is 36.6 Å². The molecule has 1 aromatic carbocycles. The van der Waals surface area contributed by atoms with Crippen molar-refractivity contribution >= 4 is 17.7 Å². The second-order valence-electron chi connectivity index (χ2n) is 8.94. The highest BCUT2D eigenvalue weighted by Gasteiger charge is 2.32. The number of rotatable bonds is 12. The van der Waals surface area contributed by atoms with Gasteiger partial charge in [0.2, 0.25) is 11.8 Å². The van der Waals surface area contributed by atoms with Gasteiger partial charge in [0.05, 0.1) is 7.11 Å². The molecule has 7 heteroatoms. The van der Waals surface area contributed by atoms with E-state index in [9.17, 15) is 14.4 Å². The molecule has 1 aliphatic heterocycles. The van der Waals surface area contributed by atoms with Gasteiger partial charge in [-0.15, -0.1) is 0 Å². The Bertz CT molecular complexity index is 757. The maximum atomic E-state index is 13.3. The Labute approximate surface area is 198 Å². The van der Waals surface area contributed by atoms with Gasteiger partial charge in [0.1, 0.15) is 11.8 Å². The Kier molecular flexibility index (Phi) is 11.2. The van der Waals surface area contributed by atoms with Crippen LogP contribution in [0.4, 0.5) is 0 Å². The third-order valence-electron chi connectivity index (χ3n) is 6.56. The summed E-state index contributed by atoms with van der Waals surface area (Å²) in [5, 5.41) is 2.95. The number of nitrogens with one attached hydrogen (secondary N) is 1. The van der Waals surface area contributed by atoms with Gasteiger partial charge in [0, 0.05) is 38.2 Å². The summed E-state index contributed by atoms with van der Waals surface area (Å²) in [5.74, 6) is 0.521. The van der Waals surface area contributed by atoms with E-state index in [0.717, 1.165) is 19.3 Å². The van der Waals surface area contributed by atoms with Crippen LogP contribution in [0, 0.1) is 5.92 Å². The van der Waals surface area contributed by atoms with Crippen molar-refractivity contribution in [1.82, 2.24) is 15.1 Å². The van der Waals surface area contributed by atoms with Gasteiger partial charge in [0.25, 0.3) is 5.91 Å². The lowest BCUT2D eigenvalue weighted by Crippen LogP contribution is -2.57. The van der Waals surface area contributed by atoms with Crippen molar-refractivity contribution in [3.05, 3.63) is 29.8 Å². The molecule has 1 heterocycles. The van der Waals surface area contributed by atoms with Gasteiger partial charge >= 0.3 is 0 Å². The molecule has 0 aromatic heterocycles. The molecule has 0 aliphatic carbocycles. The van der Waals surface area contributed by atoms with Crippen LogP contribution in [0.1, 0.15) is 76.1 Å². The Balaban J connectivity index is 1.90. The Hall–Kier alpha value is -2.57. The number of nitrogens with zero attached hydrogens (tertiary/aromatic N) is 2. The van der Waals surface area contributed by atoms with Crippen LogP contribution in [0.15, 0.2) is 24.3 Å². The van der Waals surface area contributed by atoms with Crippen molar-refractivity contribution in [1.29, 1.82) is 0 Å². The largest absolute Gasteiger partial charge is 0.497 e. The van der Waals surface area contributed by atoms with Gasteiger partial charge < -0.3 is 19.9 Å². The standard InChI is InChI=1S/C26H41N3O4/c1-5-7-8-9-10-11-23(30)28-16-18-29(19-17-28)26(32)24(20(3)6-2)27-25(31)21-12-14-22(33-4)15-13-21/h12-15,20,24H,5-11,16-19H2,1-4H3,(H,27,31). The van der Waals surface area contributed by atoms with Crippen LogP contribution in [0.5, 0.6) is 5.75 Å². The summed E-state index contributed by atoms with van der Waals surface area (Å²) in [7, 11) is 1.58. The van der Waals surface area contributed by atoms with E-state index in [1.165, 1.54) is 19.3 Å². The lowest BCUT2D eigenvalue weighted by Gasteiger charge is -2.37. The Morgan fingerprint density at radius 3 is 2.12 bits per heavy atom. The molecule has 2 unspecified atom stereocenters. The summed E-state index contributed by atoms with van der Waals surface area (Å²) in [6.07, 6.45) is 7.00. The van der Waals surface area contributed by atoms with Gasteiger partial charge in [-0.2, -0.15) is 0 Å². The smallest absolute Gasteiger partial charge is 0.251 e. The minimum atomic E-state index is -0.592. The summed E-state index contributed by atoms with van der Waals surface area (Å²) in [4.78, 5) is 42.3. The SMILES string of the molecule is CCCCCCCC(=O)N1CCN(C(=O)C(NC(=O)c2ccc(OC)cc2)C(C)CC)CC1. The molecule has 1 saturated heterocycles. The van der Waals surface area contributed by atoms with Crippen LogP contribution in [-0.4, -0.2) is 66.9 Å². The first-order valence-corrected chi connectivity index (χ1v) is 12.4. The van der Waals surface area contributed by atoms with Crippen molar-refractivity contribution in [2.75, 3.05) is 33.3 Å². The van der Waals surface area contributed by atoms with Gasteiger partial charge in [-0.1, -0.05) is 52.9 Å². The number of ether oxygens (including phenoxy) is 1. The molecule has 3 amide bonds. The summed E-state index contributed by atoms with van der Waals surface area (Å²) >= 11 is 0. The number of carbonyl (C=O) groups excluding carboxylic acids is 3. The summed E-state index contributed by atoms with van der Waals surface area (Å²) in [6, 6.07) is 6.26. The van der Waals surface area contributed by atoms with Crippen LogP contribution in [-0.2, 0) is 9.59 Å². The first-order valence-electron chi connectivity index (χ1n) is 12.4. The summed E-state index contributed by atoms with van der Waals surface area (Å²) in [6.45, 7) is 8.30. The topological polar surface area (TPSA) is 79.0 Å². The zero-order valence-corrected chi connectivity index (χ0v) is 20.8. The molecular formula is C26H41N3O4. The minimum Gasteiger partial charge on any atom is -0.497 e. The molecule has 1 N–H and O–H groups in total. The molecule has 2 atom stereocenters. The van der Waals surface area contributed by atoms with Crippen molar-refractivity contribution in [3.63, 3.8) is 0 Å². The van der Waals surface area contributed by atoms with E-state index in [-0.39, 0.29) is 23.6 Å². The van der Waals surface area contributed by atoms with Crippen LogP contribution >= 0.6 is 0 Å². The van der Waals surface area contributed by atoms with Gasteiger partial charge in [0.15, 0.2) is 0 Å².